The summed E-state index contributed by atoms with van der Waals surface area (Å²) >= 11 is 13.2. The van der Waals surface area contributed by atoms with Crippen molar-refractivity contribution in [1.82, 2.24) is 9.55 Å². The Bertz CT molecular complexity index is 2660. The molecular formula is C49H52Cl2N3O10PSi. The number of methoxy groups -OCH3 is 2. The van der Waals surface area contributed by atoms with Gasteiger partial charge in [-0.2, -0.15) is 4.98 Å². The number of amides is 1. The first kappa shape index (κ1) is 48.6. The van der Waals surface area contributed by atoms with Crippen LogP contribution in [0.15, 0.2) is 151 Å². The zero-order chi connectivity index (χ0) is 47.3. The van der Waals surface area contributed by atoms with Gasteiger partial charge in [-0.1, -0.05) is 117 Å². The van der Waals surface area contributed by atoms with Gasteiger partial charge in [0.1, 0.15) is 47.0 Å². The van der Waals surface area contributed by atoms with Gasteiger partial charge in [0.05, 0.1) is 25.8 Å². The van der Waals surface area contributed by atoms with E-state index in [2.05, 4.69) is 31.1 Å². The van der Waals surface area contributed by atoms with E-state index in [9.17, 15) is 14.2 Å². The van der Waals surface area contributed by atoms with Crippen molar-refractivity contribution in [2.24, 2.45) is 0 Å². The number of aromatic nitrogens is 2. The van der Waals surface area contributed by atoms with Gasteiger partial charge in [0, 0.05) is 23.0 Å². The van der Waals surface area contributed by atoms with Gasteiger partial charge in [0.15, 0.2) is 14.5 Å². The summed E-state index contributed by atoms with van der Waals surface area (Å²) in [4.78, 5) is 31.5. The molecule has 0 bridgehead atoms. The lowest BCUT2D eigenvalue weighted by Gasteiger charge is -2.41. The van der Waals surface area contributed by atoms with Gasteiger partial charge in [0.25, 0.3) is 5.91 Å². The minimum atomic E-state index is -4.60. The molecule has 66 heavy (non-hydrogen) atoms. The Morgan fingerprint density at radius 3 is 1.88 bits per heavy atom. The number of carbonyl (C=O) groups is 1. The Hall–Kier alpha value is -5.28. The molecule has 1 aromatic heterocycles. The predicted molar refractivity (Wildman–Crippen MR) is 258 cm³/mol. The first-order valence-electron chi connectivity index (χ1n) is 21.1. The van der Waals surface area contributed by atoms with Gasteiger partial charge in [-0.15, -0.1) is 0 Å². The summed E-state index contributed by atoms with van der Waals surface area (Å²) in [5.74, 6) is 0.866. The maximum Gasteiger partial charge on any atom is 0.477 e. The fourth-order valence-electron chi connectivity index (χ4n) is 7.37. The first-order valence-corrected chi connectivity index (χ1v) is 26.9. The third-order valence-electron chi connectivity index (χ3n) is 11.8. The van der Waals surface area contributed by atoms with Crippen LogP contribution in [0.5, 0.6) is 17.2 Å². The number of carbonyl (C=O) groups excluding carboxylic acids is 1. The van der Waals surface area contributed by atoms with Crippen LogP contribution in [0.2, 0.25) is 23.2 Å². The third-order valence-corrected chi connectivity index (χ3v) is 18.0. The number of benzene rings is 5. The van der Waals surface area contributed by atoms with Crippen LogP contribution in [0, 0.1) is 0 Å². The summed E-state index contributed by atoms with van der Waals surface area (Å²) in [7, 11) is 0.377. The fraction of sp³-hybridized carbons (Fsp3) is 0.286. The number of nitrogens with one attached hydrogen (secondary N) is 1. The van der Waals surface area contributed by atoms with Crippen molar-refractivity contribution in [2.75, 3.05) is 26.1 Å². The summed E-state index contributed by atoms with van der Waals surface area (Å²) in [6.45, 7) is 5.39. The van der Waals surface area contributed by atoms with E-state index in [1.54, 1.807) is 62.8 Å². The van der Waals surface area contributed by atoms with Crippen LogP contribution in [0.1, 0.15) is 54.0 Å². The van der Waals surface area contributed by atoms with Gasteiger partial charge >= 0.3 is 12.6 Å². The van der Waals surface area contributed by atoms with Crippen LogP contribution in [0.4, 0.5) is 5.82 Å². The highest BCUT2D eigenvalue weighted by Gasteiger charge is 2.55. The Morgan fingerprint density at radius 1 is 0.788 bits per heavy atom. The maximum absolute atomic E-state index is 14.5. The number of hydrogen-bond donors (Lipinski definition) is 1. The van der Waals surface area contributed by atoms with Crippen molar-refractivity contribution in [2.45, 2.75) is 69.0 Å². The van der Waals surface area contributed by atoms with Crippen molar-refractivity contribution in [3.05, 3.63) is 183 Å². The molecule has 5 aromatic carbocycles. The molecule has 0 radical (unpaired) electrons. The standard InChI is InChI=1S/C49H52Cl2N3O10PSi/c1-48(2,3)66(6,7)64-44-43(63-65(51,57)62-40-21-15-14-20-39(40)50)41(61-46(44)54-31-30-42(53-47(54)56)52-45(55)33-16-10-8-11-17-33)32-60-49(34-18-12-9-13-19-34,35-22-26-37(58-4)27-23-35)36-24-28-38(59-5)29-25-36/h8-31,41,43-44,46H,32H2,1-7H3,(H,52,53,55,56)/t41-,43-,44-,46-,65?/m1/s1. The highest BCUT2D eigenvalue weighted by molar-refractivity contribution is 7.81. The average Bonchev–Trinajstić information content (AvgIpc) is 3.61. The van der Waals surface area contributed by atoms with Crippen LogP contribution in [0.25, 0.3) is 0 Å². The van der Waals surface area contributed by atoms with Crippen LogP contribution >= 0.6 is 29.8 Å². The van der Waals surface area contributed by atoms with Gasteiger partial charge in [-0.3, -0.25) is 13.9 Å². The number of hydrogen-bond acceptors (Lipinski definition) is 11. The highest BCUT2D eigenvalue weighted by atomic mass is 35.7. The van der Waals surface area contributed by atoms with E-state index in [0.717, 1.165) is 16.7 Å². The normalized spacial score (nSPS) is 18.6. The highest BCUT2D eigenvalue weighted by Crippen LogP contribution is 2.58. The SMILES string of the molecule is COc1ccc(C(OC[C@H]2O[C@@H](n3ccc(NC(=O)c4ccccc4)nc3=O)[C@H](O[Si](C)(C)C(C)(C)C)[C@@H]2OP(=O)(Cl)Oc2ccccc2Cl)(c2ccccc2)c2ccc(OC)cc2)cc1. The molecule has 1 N–H and O–H groups in total. The predicted octanol–water partition coefficient (Wildman–Crippen LogP) is 11.3. The molecule has 346 valence electrons. The Balaban J connectivity index is 1.36. The molecule has 6 aromatic rings. The summed E-state index contributed by atoms with van der Waals surface area (Å²) in [6.07, 6.45) is -3.40. The zero-order valence-electron chi connectivity index (χ0n) is 37.6. The van der Waals surface area contributed by atoms with Crippen LogP contribution < -0.4 is 25.0 Å². The molecule has 5 atom stereocenters. The topological polar surface area (TPSA) is 146 Å². The van der Waals surface area contributed by atoms with Gasteiger partial charge in [-0.25, -0.2) is 9.36 Å². The average molecular weight is 973 g/mol. The van der Waals surface area contributed by atoms with Crippen LogP contribution in [-0.2, 0) is 28.6 Å². The van der Waals surface area contributed by atoms with Crippen LogP contribution in [0.3, 0.4) is 0 Å². The first-order chi connectivity index (χ1) is 31.4. The molecule has 1 saturated heterocycles. The van der Waals surface area contributed by atoms with E-state index in [1.165, 1.54) is 22.9 Å². The number of anilines is 1. The van der Waals surface area contributed by atoms with Gasteiger partial charge < -0.3 is 33.2 Å². The van der Waals surface area contributed by atoms with E-state index in [0.29, 0.717) is 17.1 Å². The molecule has 0 spiro atoms. The smallest absolute Gasteiger partial charge is 0.477 e. The Kier molecular flexibility index (Phi) is 15.0. The molecule has 13 nitrogen and oxygen atoms in total. The lowest BCUT2D eigenvalue weighted by Crippen LogP contribution is -2.50. The summed E-state index contributed by atoms with van der Waals surface area (Å²) in [6, 6.07) is 41.2. The molecule has 1 unspecified atom stereocenters. The molecule has 1 fully saturated rings. The molecule has 1 aliphatic heterocycles. The quantitative estimate of drug-likeness (QED) is 0.0529. The van der Waals surface area contributed by atoms with E-state index in [1.807, 2.05) is 92.0 Å². The number of nitrogens with zero attached hydrogens (tertiary/aromatic N) is 2. The molecule has 1 aliphatic rings. The van der Waals surface area contributed by atoms with E-state index in [-0.39, 0.29) is 28.2 Å². The lowest BCUT2D eigenvalue weighted by atomic mass is 9.80. The van der Waals surface area contributed by atoms with Crippen molar-refractivity contribution < 1.29 is 41.8 Å². The second-order valence-electron chi connectivity index (χ2n) is 17.1. The Labute approximate surface area is 395 Å². The molecule has 7 rings (SSSR count). The molecule has 17 heteroatoms. The van der Waals surface area contributed by atoms with Crippen molar-refractivity contribution in [3.63, 3.8) is 0 Å². The molecule has 1 amide bonds. The van der Waals surface area contributed by atoms with E-state index in [4.69, 9.17) is 55.3 Å². The fourth-order valence-corrected chi connectivity index (χ4v) is 10.4. The molecule has 2 heterocycles. The second kappa shape index (κ2) is 20.3. The van der Waals surface area contributed by atoms with E-state index < -0.39 is 57.0 Å². The summed E-state index contributed by atoms with van der Waals surface area (Å²) < 4.78 is 60.3. The maximum atomic E-state index is 14.5. The zero-order valence-corrected chi connectivity index (χ0v) is 41.0. The van der Waals surface area contributed by atoms with Crippen molar-refractivity contribution in [3.8, 4) is 17.2 Å². The van der Waals surface area contributed by atoms with Gasteiger partial charge in [-0.05, 0) is 89.4 Å². The minimum absolute atomic E-state index is 0.0164. The lowest BCUT2D eigenvalue weighted by molar-refractivity contribution is -0.0938. The molecule has 0 aliphatic carbocycles. The minimum Gasteiger partial charge on any atom is -0.497 e. The second-order valence-corrected chi connectivity index (χ2v) is 24.7. The van der Waals surface area contributed by atoms with Gasteiger partial charge in [0.2, 0.25) is 0 Å². The van der Waals surface area contributed by atoms with Crippen molar-refractivity contribution >= 4 is 49.8 Å². The summed E-state index contributed by atoms with van der Waals surface area (Å²) in [5, 5.41) is 2.48. The number of para-hydroxylation sites is 1. The Morgan fingerprint density at radius 2 is 1.33 bits per heavy atom. The number of ether oxygens (including phenoxy) is 4. The largest absolute Gasteiger partial charge is 0.497 e. The third kappa shape index (κ3) is 10.8. The van der Waals surface area contributed by atoms with E-state index >= 15 is 0 Å². The molecular weight excluding hydrogens is 921 g/mol. The van der Waals surface area contributed by atoms with Crippen LogP contribution in [-0.4, -0.2) is 62.9 Å². The number of halogens is 2. The monoisotopic (exact) mass is 971 g/mol. The van der Waals surface area contributed by atoms with Crippen molar-refractivity contribution in [1.29, 1.82) is 0 Å². The summed E-state index contributed by atoms with van der Waals surface area (Å²) in [5.41, 5.74) is 0.524. The molecule has 0 saturated carbocycles. The number of rotatable bonds is 17.